The van der Waals surface area contributed by atoms with E-state index in [1.165, 1.54) is 6.07 Å². The average molecular weight is 232 g/mol. The van der Waals surface area contributed by atoms with E-state index in [4.69, 9.17) is 0 Å². The van der Waals surface area contributed by atoms with Crippen LogP contribution in [-0.4, -0.2) is 10.5 Å². The normalized spacial score (nSPS) is 10.3. The van der Waals surface area contributed by atoms with E-state index in [2.05, 4.69) is 5.32 Å². The van der Waals surface area contributed by atoms with Crippen LogP contribution in [0.4, 0.5) is 10.1 Å². The van der Waals surface area contributed by atoms with Gasteiger partial charge >= 0.3 is 0 Å². The van der Waals surface area contributed by atoms with Gasteiger partial charge in [-0.3, -0.25) is 4.79 Å². The van der Waals surface area contributed by atoms with Gasteiger partial charge in [0, 0.05) is 25.1 Å². The predicted molar refractivity (Wildman–Crippen MR) is 64.5 cm³/mol. The van der Waals surface area contributed by atoms with Crippen LogP contribution < -0.4 is 5.32 Å². The Kier molecular flexibility index (Phi) is 2.95. The first-order chi connectivity index (χ1) is 8.06. The van der Waals surface area contributed by atoms with Gasteiger partial charge in [0.25, 0.3) is 5.91 Å². The van der Waals surface area contributed by atoms with Gasteiger partial charge in [0.2, 0.25) is 0 Å². The number of carbonyl (C=O) groups excluding carboxylic acids is 1. The standard InChI is InChI=1S/C13H13FN2O/c1-9-7-11(3-4-12(9)14)15-13(17)10-5-6-16(2)8-10/h3-8H,1-2H3,(H,15,17). The molecule has 0 spiro atoms. The van der Waals surface area contributed by atoms with E-state index in [0.29, 0.717) is 16.8 Å². The Labute approximate surface area is 98.9 Å². The minimum absolute atomic E-state index is 0.198. The molecule has 0 atom stereocenters. The molecule has 2 rings (SSSR count). The lowest BCUT2D eigenvalue weighted by atomic mass is 10.2. The van der Waals surface area contributed by atoms with Crippen LogP contribution in [-0.2, 0) is 7.05 Å². The number of benzene rings is 1. The van der Waals surface area contributed by atoms with Crippen molar-refractivity contribution in [1.29, 1.82) is 0 Å². The van der Waals surface area contributed by atoms with Crippen LogP contribution in [0.1, 0.15) is 15.9 Å². The van der Waals surface area contributed by atoms with Crippen LogP contribution in [0.15, 0.2) is 36.7 Å². The molecule has 1 heterocycles. The fourth-order valence-electron chi connectivity index (χ4n) is 1.56. The third-order valence-electron chi connectivity index (χ3n) is 2.51. The summed E-state index contributed by atoms with van der Waals surface area (Å²) < 4.78 is 14.8. The number of hydrogen-bond acceptors (Lipinski definition) is 1. The van der Waals surface area contributed by atoms with Gasteiger partial charge < -0.3 is 9.88 Å². The first kappa shape index (κ1) is 11.4. The van der Waals surface area contributed by atoms with E-state index in [-0.39, 0.29) is 11.7 Å². The molecule has 0 aliphatic rings. The maximum atomic E-state index is 13.0. The van der Waals surface area contributed by atoms with Crippen molar-refractivity contribution in [2.24, 2.45) is 7.05 Å². The van der Waals surface area contributed by atoms with E-state index in [9.17, 15) is 9.18 Å². The minimum Gasteiger partial charge on any atom is -0.356 e. The smallest absolute Gasteiger partial charge is 0.257 e. The van der Waals surface area contributed by atoms with Crippen molar-refractivity contribution in [3.05, 3.63) is 53.6 Å². The summed E-state index contributed by atoms with van der Waals surface area (Å²) >= 11 is 0. The summed E-state index contributed by atoms with van der Waals surface area (Å²) in [7, 11) is 1.85. The number of aryl methyl sites for hydroxylation is 2. The quantitative estimate of drug-likeness (QED) is 0.848. The molecule has 4 heteroatoms. The van der Waals surface area contributed by atoms with Crippen molar-refractivity contribution < 1.29 is 9.18 Å². The summed E-state index contributed by atoms with van der Waals surface area (Å²) in [5.74, 6) is -0.473. The van der Waals surface area contributed by atoms with E-state index in [1.54, 1.807) is 42.1 Å². The van der Waals surface area contributed by atoms with Crippen LogP contribution in [0.2, 0.25) is 0 Å². The van der Waals surface area contributed by atoms with E-state index >= 15 is 0 Å². The van der Waals surface area contributed by atoms with Crippen LogP contribution in [0, 0.1) is 12.7 Å². The van der Waals surface area contributed by atoms with Gasteiger partial charge in [0.1, 0.15) is 5.82 Å². The summed E-state index contributed by atoms with van der Waals surface area (Å²) in [6, 6.07) is 6.22. The molecule has 88 valence electrons. The van der Waals surface area contributed by atoms with Crippen molar-refractivity contribution in [1.82, 2.24) is 4.57 Å². The summed E-state index contributed by atoms with van der Waals surface area (Å²) in [6.45, 7) is 1.66. The molecule has 3 nitrogen and oxygen atoms in total. The Hall–Kier alpha value is -2.10. The SMILES string of the molecule is Cc1cc(NC(=O)c2ccn(C)c2)ccc1F. The maximum absolute atomic E-state index is 13.0. The monoisotopic (exact) mass is 232 g/mol. The highest BCUT2D eigenvalue weighted by atomic mass is 19.1. The van der Waals surface area contributed by atoms with Gasteiger partial charge in [0.05, 0.1) is 5.56 Å². The van der Waals surface area contributed by atoms with Crippen molar-refractivity contribution in [2.45, 2.75) is 6.92 Å². The fourth-order valence-corrected chi connectivity index (χ4v) is 1.56. The molecule has 0 unspecified atom stereocenters. The molecular formula is C13H13FN2O. The number of aromatic nitrogens is 1. The van der Waals surface area contributed by atoms with Crippen LogP contribution in [0.25, 0.3) is 0 Å². The maximum Gasteiger partial charge on any atom is 0.257 e. The van der Waals surface area contributed by atoms with E-state index in [1.807, 2.05) is 7.05 Å². The summed E-state index contributed by atoms with van der Waals surface area (Å²) in [5, 5.41) is 2.72. The summed E-state index contributed by atoms with van der Waals surface area (Å²) in [6.07, 6.45) is 3.52. The molecule has 0 aliphatic heterocycles. The molecule has 1 amide bonds. The zero-order valence-electron chi connectivity index (χ0n) is 9.70. The molecule has 1 aromatic carbocycles. The summed E-state index contributed by atoms with van der Waals surface area (Å²) in [5.41, 5.74) is 1.68. The zero-order chi connectivity index (χ0) is 12.4. The number of nitrogens with one attached hydrogen (secondary N) is 1. The van der Waals surface area contributed by atoms with Gasteiger partial charge in [-0.1, -0.05) is 0 Å². The van der Waals surface area contributed by atoms with Gasteiger partial charge in [-0.15, -0.1) is 0 Å². The lowest BCUT2D eigenvalue weighted by molar-refractivity contribution is 0.102. The molecule has 0 saturated carbocycles. The Morgan fingerprint density at radius 1 is 1.35 bits per heavy atom. The van der Waals surface area contributed by atoms with Crippen LogP contribution in [0.5, 0.6) is 0 Å². The van der Waals surface area contributed by atoms with Gasteiger partial charge in [-0.05, 0) is 36.8 Å². The molecule has 17 heavy (non-hydrogen) atoms. The zero-order valence-corrected chi connectivity index (χ0v) is 9.70. The molecule has 0 aliphatic carbocycles. The predicted octanol–water partition coefficient (Wildman–Crippen LogP) is 2.72. The number of carbonyl (C=O) groups is 1. The van der Waals surface area contributed by atoms with E-state index < -0.39 is 0 Å². The highest BCUT2D eigenvalue weighted by molar-refractivity contribution is 6.04. The molecule has 0 fully saturated rings. The second-order valence-corrected chi connectivity index (χ2v) is 3.98. The number of rotatable bonds is 2. The van der Waals surface area contributed by atoms with Crippen molar-refractivity contribution in [3.8, 4) is 0 Å². The molecule has 0 saturated heterocycles. The first-order valence-corrected chi connectivity index (χ1v) is 5.26. The number of nitrogens with zero attached hydrogens (tertiary/aromatic N) is 1. The van der Waals surface area contributed by atoms with Gasteiger partial charge in [-0.2, -0.15) is 0 Å². The fraction of sp³-hybridized carbons (Fsp3) is 0.154. The number of amides is 1. The Morgan fingerprint density at radius 3 is 2.71 bits per heavy atom. The minimum atomic E-state index is -0.275. The average Bonchev–Trinajstić information content (AvgIpc) is 2.70. The molecule has 0 radical (unpaired) electrons. The number of halogens is 1. The van der Waals surface area contributed by atoms with Crippen molar-refractivity contribution >= 4 is 11.6 Å². The van der Waals surface area contributed by atoms with Crippen molar-refractivity contribution in [3.63, 3.8) is 0 Å². The molecule has 0 bridgehead atoms. The van der Waals surface area contributed by atoms with Crippen LogP contribution >= 0.6 is 0 Å². The molecule has 1 N–H and O–H groups in total. The third-order valence-corrected chi connectivity index (χ3v) is 2.51. The van der Waals surface area contributed by atoms with Gasteiger partial charge in [0.15, 0.2) is 0 Å². The van der Waals surface area contributed by atoms with Gasteiger partial charge in [-0.25, -0.2) is 4.39 Å². The largest absolute Gasteiger partial charge is 0.356 e. The van der Waals surface area contributed by atoms with Crippen LogP contribution in [0.3, 0.4) is 0 Å². The summed E-state index contributed by atoms with van der Waals surface area (Å²) in [4.78, 5) is 11.8. The third kappa shape index (κ3) is 2.53. The van der Waals surface area contributed by atoms with E-state index in [0.717, 1.165) is 0 Å². The van der Waals surface area contributed by atoms with Crippen molar-refractivity contribution in [2.75, 3.05) is 5.32 Å². The lowest BCUT2D eigenvalue weighted by Crippen LogP contribution is -2.11. The first-order valence-electron chi connectivity index (χ1n) is 5.26. The lowest BCUT2D eigenvalue weighted by Gasteiger charge is -2.05. The molecular weight excluding hydrogens is 219 g/mol. The topological polar surface area (TPSA) is 34.0 Å². The Morgan fingerprint density at radius 2 is 2.12 bits per heavy atom. The molecule has 1 aromatic heterocycles. The number of anilines is 1. The molecule has 2 aromatic rings. The highest BCUT2D eigenvalue weighted by Gasteiger charge is 2.07. The highest BCUT2D eigenvalue weighted by Crippen LogP contribution is 2.14. The second kappa shape index (κ2) is 4.41. The number of hydrogen-bond donors (Lipinski definition) is 1. The second-order valence-electron chi connectivity index (χ2n) is 3.98. The Bertz CT molecular complexity index is 560. The Balaban J connectivity index is 2.15.